The Morgan fingerprint density at radius 1 is 1.33 bits per heavy atom. The molecule has 0 heterocycles. The monoisotopic (exact) mass is 262 g/mol. The van der Waals surface area contributed by atoms with Crippen molar-refractivity contribution in [3.63, 3.8) is 0 Å². The second kappa shape index (κ2) is 4.89. The van der Waals surface area contributed by atoms with Crippen LogP contribution in [0.1, 0.15) is 44.2 Å². The molecule has 96 valence electrons. The van der Waals surface area contributed by atoms with Crippen molar-refractivity contribution < 1.29 is 4.79 Å². The van der Waals surface area contributed by atoms with Gasteiger partial charge in [-0.2, -0.15) is 0 Å². The molecule has 0 amide bonds. The number of hydrogen-bond donors (Lipinski definition) is 0. The maximum Gasteiger partial charge on any atom is 0.146 e. The molecule has 18 heavy (non-hydrogen) atoms. The van der Waals surface area contributed by atoms with Gasteiger partial charge in [0.2, 0.25) is 0 Å². The Morgan fingerprint density at radius 2 is 2.06 bits per heavy atom. The molecule has 1 aliphatic carbocycles. The Hall–Kier alpha value is -1.08. The molecule has 2 rings (SSSR count). The van der Waals surface area contributed by atoms with Gasteiger partial charge in [-0.3, -0.25) is 4.79 Å². The molecular weight excluding hydrogens is 244 g/mol. The second-order valence-corrected chi connectivity index (χ2v) is 6.36. The molecular formula is C16H19ClO. The lowest BCUT2D eigenvalue weighted by Gasteiger charge is -2.32. The van der Waals surface area contributed by atoms with Crippen LogP contribution in [0.5, 0.6) is 0 Å². The third-order valence-electron chi connectivity index (χ3n) is 3.77. The van der Waals surface area contributed by atoms with Crippen LogP contribution in [-0.4, -0.2) is 6.29 Å². The Kier molecular flexibility index (Phi) is 3.63. The van der Waals surface area contributed by atoms with E-state index in [4.69, 9.17) is 11.6 Å². The summed E-state index contributed by atoms with van der Waals surface area (Å²) < 4.78 is 0. The van der Waals surface area contributed by atoms with Gasteiger partial charge in [0, 0.05) is 5.02 Å². The number of rotatable bonds is 2. The van der Waals surface area contributed by atoms with Gasteiger partial charge in [-0.1, -0.05) is 31.5 Å². The zero-order chi connectivity index (χ0) is 13.3. The molecule has 0 aliphatic heterocycles. The Bertz CT molecular complexity index is 512. The first-order chi connectivity index (χ1) is 8.43. The first-order valence-corrected chi connectivity index (χ1v) is 6.74. The van der Waals surface area contributed by atoms with Gasteiger partial charge in [-0.15, -0.1) is 0 Å². The van der Waals surface area contributed by atoms with E-state index in [1.54, 1.807) is 0 Å². The van der Waals surface area contributed by atoms with Crippen molar-refractivity contribution in [2.24, 2.45) is 5.41 Å². The van der Waals surface area contributed by atoms with Gasteiger partial charge in [0.05, 0.1) is 0 Å². The molecule has 0 atom stereocenters. The molecule has 0 bridgehead atoms. The number of carbonyl (C=O) groups is 1. The molecule has 0 aromatic heterocycles. The van der Waals surface area contributed by atoms with Crippen molar-refractivity contribution >= 4 is 23.5 Å². The van der Waals surface area contributed by atoms with E-state index in [0.29, 0.717) is 0 Å². The Labute approximate surface area is 114 Å². The Balaban J connectivity index is 2.51. The van der Waals surface area contributed by atoms with E-state index in [1.807, 2.05) is 18.2 Å². The normalized spacial score (nSPS) is 18.9. The number of allylic oxidation sites excluding steroid dienone is 2. The fourth-order valence-corrected chi connectivity index (χ4v) is 2.90. The minimum absolute atomic E-state index is 0.272. The fourth-order valence-electron chi connectivity index (χ4n) is 2.67. The maximum atomic E-state index is 11.2. The van der Waals surface area contributed by atoms with Crippen LogP contribution in [-0.2, 0) is 4.79 Å². The average Bonchev–Trinajstić information content (AvgIpc) is 2.28. The van der Waals surface area contributed by atoms with Gasteiger partial charge in [0.1, 0.15) is 6.29 Å². The molecule has 0 unspecified atom stereocenters. The third-order valence-corrected chi connectivity index (χ3v) is 4.00. The van der Waals surface area contributed by atoms with Crippen LogP contribution < -0.4 is 0 Å². The van der Waals surface area contributed by atoms with Gasteiger partial charge in [0.15, 0.2) is 0 Å². The van der Waals surface area contributed by atoms with Crippen LogP contribution in [0.25, 0.3) is 5.57 Å². The van der Waals surface area contributed by atoms with Crippen LogP contribution in [0, 0.1) is 12.3 Å². The topological polar surface area (TPSA) is 17.1 Å². The zero-order valence-electron chi connectivity index (χ0n) is 11.2. The lowest BCUT2D eigenvalue weighted by molar-refractivity contribution is -0.105. The van der Waals surface area contributed by atoms with Crippen LogP contribution in [0.4, 0.5) is 0 Å². The van der Waals surface area contributed by atoms with E-state index in [2.05, 4.69) is 20.8 Å². The largest absolute Gasteiger partial charge is 0.298 e. The van der Waals surface area contributed by atoms with E-state index >= 15 is 0 Å². The third kappa shape index (κ3) is 2.67. The van der Waals surface area contributed by atoms with Crippen molar-refractivity contribution in [2.45, 2.75) is 40.0 Å². The van der Waals surface area contributed by atoms with Gasteiger partial charge in [-0.05, 0) is 66.0 Å². The summed E-state index contributed by atoms with van der Waals surface area (Å²) in [5, 5.41) is 0.750. The molecule has 0 fully saturated rings. The number of aldehydes is 1. The van der Waals surface area contributed by atoms with Crippen molar-refractivity contribution in [1.82, 2.24) is 0 Å². The number of aryl methyl sites for hydroxylation is 1. The first kappa shape index (κ1) is 13.4. The number of halogens is 1. The Morgan fingerprint density at radius 3 is 2.67 bits per heavy atom. The minimum atomic E-state index is 0.272. The standard InChI is InChI=1S/C16H19ClO/c1-11-8-13(17)4-5-14(11)15-9-16(2,3)7-6-12(15)10-18/h4-5,8,10H,6-7,9H2,1-3H3. The first-order valence-electron chi connectivity index (χ1n) is 6.37. The smallest absolute Gasteiger partial charge is 0.146 e. The van der Waals surface area contributed by atoms with E-state index < -0.39 is 0 Å². The van der Waals surface area contributed by atoms with Crippen molar-refractivity contribution in [1.29, 1.82) is 0 Å². The van der Waals surface area contributed by atoms with Gasteiger partial charge < -0.3 is 0 Å². The number of hydrogen-bond acceptors (Lipinski definition) is 1. The highest BCUT2D eigenvalue weighted by atomic mass is 35.5. The second-order valence-electron chi connectivity index (χ2n) is 5.92. The predicted octanol–water partition coefficient (Wildman–Crippen LogP) is 4.81. The summed E-state index contributed by atoms with van der Waals surface area (Å²) >= 11 is 6.00. The van der Waals surface area contributed by atoms with Crippen LogP contribution in [0.2, 0.25) is 5.02 Å². The molecule has 0 N–H and O–H groups in total. The number of carbonyl (C=O) groups excluding carboxylic acids is 1. The van der Waals surface area contributed by atoms with Crippen LogP contribution in [0.15, 0.2) is 23.8 Å². The molecule has 1 nitrogen and oxygen atoms in total. The summed E-state index contributed by atoms with van der Waals surface area (Å²) in [6.45, 7) is 6.58. The van der Waals surface area contributed by atoms with Crippen LogP contribution >= 0.6 is 11.6 Å². The van der Waals surface area contributed by atoms with Crippen molar-refractivity contribution in [3.8, 4) is 0 Å². The molecule has 1 aromatic rings. The zero-order valence-corrected chi connectivity index (χ0v) is 12.0. The quantitative estimate of drug-likeness (QED) is 0.699. The lowest BCUT2D eigenvalue weighted by Crippen LogP contribution is -2.18. The number of benzene rings is 1. The van der Waals surface area contributed by atoms with E-state index in [-0.39, 0.29) is 5.41 Å². The van der Waals surface area contributed by atoms with E-state index in [1.165, 1.54) is 11.1 Å². The summed E-state index contributed by atoms with van der Waals surface area (Å²) in [4.78, 5) is 11.2. The summed E-state index contributed by atoms with van der Waals surface area (Å²) in [5.74, 6) is 0. The summed E-state index contributed by atoms with van der Waals surface area (Å²) in [7, 11) is 0. The van der Waals surface area contributed by atoms with E-state index in [9.17, 15) is 4.79 Å². The minimum Gasteiger partial charge on any atom is -0.298 e. The fraction of sp³-hybridized carbons (Fsp3) is 0.438. The van der Waals surface area contributed by atoms with Gasteiger partial charge in [-0.25, -0.2) is 0 Å². The molecule has 0 saturated carbocycles. The van der Waals surface area contributed by atoms with Gasteiger partial charge >= 0.3 is 0 Å². The summed E-state index contributed by atoms with van der Waals surface area (Å²) in [6.07, 6.45) is 3.95. The molecule has 0 radical (unpaired) electrons. The summed E-state index contributed by atoms with van der Waals surface area (Å²) in [5.41, 5.74) is 4.76. The molecule has 0 saturated heterocycles. The van der Waals surface area contributed by atoms with E-state index in [0.717, 1.165) is 41.7 Å². The molecule has 0 spiro atoms. The highest BCUT2D eigenvalue weighted by molar-refractivity contribution is 6.30. The highest BCUT2D eigenvalue weighted by Gasteiger charge is 2.28. The molecule has 1 aliphatic rings. The molecule has 2 heteroatoms. The predicted molar refractivity (Wildman–Crippen MR) is 76.8 cm³/mol. The van der Waals surface area contributed by atoms with Gasteiger partial charge in [0.25, 0.3) is 0 Å². The highest BCUT2D eigenvalue weighted by Crippen LogP contribution is 2.43. The SMILES string of the molecule is Cc1cc(Cl)ccc1C1=C(C=O)CCC(C)(C)C1. The summed E-state index contributed by atoms with van der Waals surface area (Å²) in [6, 6.07) is 5.91. The lowest BCUT2D eigenvalue weighted by atomic mass is 9.72. The average molecular weight is 263 g/mol. The molecule has 1 aromatic carbocycles. The van der Waals surface area contributed by atoms with Crippen molar-refractivity contribution in [2.75, 3.05) is 0 Å². The van der Waals surface area contributed by atoms with Crippen LogP contribution in [0.3, 0.4) is 0 Å². The maximum absolute atomic E-state index is 11.2. The van der Waals surface area contributed by atoms with Crippen molar-refractivity contribution in [3.05, 3.63) is 39.9 Å².